The quantitative estimate of drug-likeness (QED) is 0.480. The number of rotatable bonds is 9. The lowest BCUT2D eigenvalue weighted by Crippen LogP contribution is -2.45. The van der Waals surface area contributed by atoms with E-state index in [-0.39, 0.29) is 32.1 Å². The van der Waals surface area contributed by atoms with Crippen LogP contribution in [0.3, 0.4) is 0 Å². The molecule has 1 aliphatic rings. The van der Waals surface area contributed by atoms with Gasteiger partial charge in [0.05, 0.1) is 12.5 Å². The van der Waals surface area contributed by atoms with Crippen LogP contribution in [0.1, 0.15) is 29.0 Å². The van der Waals surface area contributed by atoms with E-state index in [1.807, 2.05) is 66.7 Å². The molecule has 1 aliphatic carbocycles. The van der Waals surface area contributed by atoms with Gasteiger partial charge in [0.15, 0.2) is 0 Å². The Morgan fingerprint density at radius 3 is 2.03 bits per heavy atom. The van der Waals surface area contributed by atoms with Gasteiger partial charge in [0.2, 0.25) is 5.91 Å². The Morgan fingerprint density at radius 1 is 0.829 bits per heavy atom. The fraction of sp³-hybridized carbons (Fsp3) is 0.250. The number of nitrogens with two attached hydrogens (primary N) is 1. The molecule has 3 aromatic rings. The molecule has 0 bridgehead atoms. The maximum Gasteiger partial charge on any atom is 0.325 e. The molecule has 0 spiro atoms. The summed E-state index contributed by atoms with van der Waals surface area (Å²) in [7, 11) is 1.46. The van der Waals surface area contributed by atoms with Crippen LogP contribution >= 0.6 is 0 Å². The number of carbonyl (C=O) groups is 3. The van der Waals surface area contributed by atoms with Crippen LogP contribution in [-0.2, 0) is 30.5 Å². The number of fused-ring (bicyclic) bond motifs is 3. The lowest BCUT2D eigenvalue weighted by atomic mass is 9.98. The van der Waals surface area contributed by atoms with Crippen molar-refractivity contribution in [3.05, 3.63) is 95.6 Å². The summed E-state index contributed by atoms with van der Waals surface area (Å²) in [4.78, 5) is 38.3. The Bertz CT molecular complexity index is 1170. The lowest BCUT2D eigenvalue weighted by molar-refractivity contribution is -0.150. The zero-order valence-electron chi connectivity index (χ0n) is 19.6. The molecule has 0 heterocycles. The van der Waals surface area contributed by atoms with Crippen molar-refractivity contribution >= 4 is 17.8 Å². The van der Waals surface area contributed by atoms with Crippen molar-refractivity contribution in [3.8, 4) is 11.1 Å². The molecular formula is C28H28N2O5. The van der Waals surface area contributed by atoms with Crippen molar-refractivity contribution < 1.29 is 23.9 Å². The van der Waals surface area contributed by atoms with E-state index in [0.29, 0.717) is 0 Å². The zero-order chi connectivity index (χ0) is 24.8. The SMILES string of the molecule is CN(CC(=O)OCC1c2ccccc2-c2ccccc21)C(=O)C(N)CC(=O)OCc1ccccc1. The number of amides is 1. The molecule has 1 unspecified atom stereocenters. The fourth-order valence-corrected chi connectivity index (χ4v) is 4.28. The molecule has 35 heavy (non-hydrogen) atoms. The highest BCUT2D eigenvalue weighted by molar-refractivity contribution is 5.88. The van der Waals surface area contributed by atoms with E-state index in [0.717, 1.165) is 27.8 Å². The first-order chi connectivity index (χ1) is 16.9. The number of carbonyl (C=O) groups excluding carboxylic acids is 3. The van der Waals surface area contributed by atoms with E-state index in [4.69, 9.17) is 15.2 Å². The average Bonchev–Trinajstić information content (AvgIpc) is 3.20. The monoisotopic (exact) mass is 472 g/mol. The number of likely N-dealkylation sites (N-methyl/N-ethyl adjacent to an activating group) is 1. The number of ether oxygens (including phenoxy) is 2. The molecule has 3 aromatic carbocycles. The smallest absolute Gasteiger partial charge is 0.325 e. The van der Waals surface area contributed by atoms with Gasteiger partial charge in [0.1, 0.15) is 19.8 Å². The second-order valence-electron chi connectivity index (χ2n) is 8.56. The molecule has 7 heteroatoms. The van der Waals surface area contributed by atoms with Gasteiger partial charge >= 0.3 is 11.9 Å². The van der Waals surface area contributed by atoms with Crippen molar-refractivity contribution in [1.82, 2.24) is 4.90 Å². The Labute approximate surface area is 204 Å². The molecule has 4 rings (SSSR count). The summed E-state index contributed by atoms with van der Waals surface area (Å²) < 4.78 is 10.7. The molecule has 0 saturated carbocycles. The van der Waals surface area contributed by atoms with Crippen LogP contribution in [0, 0.1) is 0 Å². The van der Waals surface area contributed by atoms with Gasteiger partial charge in [0.25, 0.3) is 0 Å². The van der Waals surface area contributed by atoms with Crippen LogP contribution in [0.2, 0.25) is 0 Å². The minimum Gasteiger partial charge on any atom is -0.463 e. The van der Waals surface area contributed by atoms with Crippen LogP contribution in [-0.4, -0.2) is 49.0 Å². The highest BCUT2D eigenvalue weighted by Crippen LogP contribution is 2.44. The lowest BCUT2D eigenvalue weighted by Gasteiger charge is -2.21. The summed E-state index contributed by atoms with van der Waals surface area (Å²) in [6, 6.07) is 24.3. The molecule has 0 fully saturated rings. The normalized spacial score (nSPS) is 12.9. The molecule has 180 valence electrons. The number of esters is 2. The molecule has 7 nitrogen and oxygen atoms in total. The van der Waals surface area contributed by atoms with Gasteiger partial charge in [-0.25, -0.2) is 0 Å². The minimum atomic E-state index is -1.11. The van der Waals surface area contributed by atoms with Gasteiger partial charge < -0.3 is 20.1 Å². The first-order valence-electron chi connectivity index (χ1n) is 11.5. The molecule has 1 amide bonds. The van der Waals surface area contributed by atoms with Crippen molar-refractivity contribution in [2.75, 3.05) is 20.2 Å². The van der Waals surface area contributed by atoms with E-state index >= 15 is 0 Å². The van der Waals surface area contributed by atoms with Crippen LogP contribution in [0.4, 0.5) is 0 Å². The van der Waals surface area contributed by atoms with Gasteiger partial charge in [-0.15, -0.1) is 0 Å². The third kappa shape index (κ3) is 5.75. The molecule has 2 N–H and O–H groups in total. The first kappa shape index (κ1) is 24.2. The summed E-state index contributed by atoms with van der Waals surface area (Å²) >= 11 is 0. The molecule has 1 atom stereocenters. The summed E-state index contributed by atoms with van der Waals surface area (Å²) in [5.41, 5.74) is 11.2. The number of nitrogens with zero attached hydrogens (tertiary/aromatic N) is 1. The largest absolute Gasteiger partial charge is 0.463 e. The topological polar surface area (TPSA) is 98.9 Å². The summed E-state index contributed by atoms with van der Waals surface area (Å²) in [6.07, 6.45) is -0.277. The average molecular weight is 473 g/mol. The molecular weight excluding hydrogens is 444 g/mol. The first-order valence-corrected chi connectivity index (χ1v) is 11.5. The summed E-state index contributed by atoms with van der Waals surface area (Å²) in [5.74, 6) is -1.71. The van der Waals surface area contributed by atoms with E-state index in [1.165, 1.54) is 11.9 Å². The third-order valence-electron chi connectivity index (χ3n) is 6.06. The standard InChI is InChI=1S/C28H28N2O5/c1-30(28(33)25(29)15-26(31)34-17-19-9-3-2-4-10-19)16-27(32)35-18-24-22-13-7-5-11-20(22)21-12-6-8-14-23(21)24/h2-14,24-25H,15-18,29H2,1H3. The van der Waals surface area contributed by atoms with Gasteiger partial charge in [-0.3, -0.25) is 14.4 Å². The number of hydrogen-bond donors (Lipinski definition) is 1. The minimum absolute atomic E-state index is 0.0611. The van der Waals surface area contributed by atoms with Gasteiger partial charge in [-0.05, 0) is 27.8 Å². The molecule has 0 aliphatic heterocycles. The van der Waals surface area contributed by atoms with Crippen molar-refractivity contribution in [2.24, 2.45) is 5.73 Å². The maximum absolute atomic E-state index is 12.6. The predicted octanol–water partition coefficient (Wildman–Crippen LogP) is 3.26. The second-order valence-corrected chi connectivity index (χ2v) is 8.56. The van der Waals surface area contributed by atoms with Gasteiger partial charge in [-0.2, -0.15) is 0 Å². The molecule has 0 aromatic heterocycles. The van der Waals surface area contributed by atoms with Crippen LogP contribution in [0.25, 0.3) is 11.1 Å². The fourth-order valence-electron chi connectivity index (χ4n) is 4.28. The summed E-state index contributed by atoms with van der Waals surface area (Å²) in [6.45, 7) is 0.0184. The molecule has 0 radical (unpaired) electrons. The zero-order valence-corrected chi connectivity index (χ0v) is 19.6. The predicted molar refractivity (Wildman–Crippen MR) is 131 cm³/mol. The number of hydrogen-bond acceptors (Lipinski definition) is 6. The van der Waals surface area contributed by atoms with E-state index in [2.05, 4.69) is 12.1 Å². The Morgan fingerprint density at radius 2 is 1.40 bits per heavy atom. The van der Waals surface area contributed by atoms with Gasteiger partial charge in [0, 0.05) is 13.0 Å². The third-order valence-corrected chi connectivity index (χ3v) is 6.06. The number of benzene rings is 3. The van der Waals surface area contributed by atoms with Crippen LogP contribution < -0.4 is 5.73 Å². The molecule has 0 saturated heterocycles. The summed E-state index contributed by atoms with van der Waals surface area (Å²) in [5, 5.41) is 0. The highest BCUT2D eigenvalue weighted by Gasteiger charge is 2.29. The Kier molecular flexibility index (Phi) is 7.57. The van der Waals surface area contributed by atoms with Crippen molar-refractivity contribution in [2.45, 2.75) is 25.0 Å². The Balaban J connectivity index is 1.26. The second kappa shape index (κ2) is 11.0. The van der Waals surface area contributed by atoms with E-state index < -0.39 is 23.9 Å². The van der Waals surface area contributed by atoms with Gasteiger partial charge in [-0.1, -0.05) is 78.9 Å². The Hall–Kier alpha value is -3.97. The van der Waals surface area contributed by atoms with E-state index in [9.17, 15) is 14.4 Å². The van der Waals surface area contributed by atoms with E-state index in [1.54, 1.807) is 0 Å². The highest BCUT2D eigenvalue weighted by atomic mass is 16.5. The maximum atomic E-state index is 12.6. The van der Waals surface area contributed by atoms with Crippen molar-refractivity contribution in [1.29, 1.82) is 0 Å². The van der Waals surface area contributed by atoms with Crippen LogP contribution in [0.5, 0.6) is 0 Å². The van der Waals surface area contributed by atoms with Crippen LogP contribution in [0.15, 0.2) is 78.9 Å². The van der Waals surface area contributed by atoms with Crippen molar-refractivity contribution in [3.63, 3.8) is 0 Å².